The average molecular weight is 358 g/mol. The molecular weight excluding hydrogens is 331 g/mol. The second-order valence-corrected chi connectivity index (χ2v) is 7.19. The minimum absolute atomic E-state index is 0.107. The molecule has 3 rings (SSSR count). The van der Waals surface area contributed by atoms with E-state index in [1.54, 1.807) is 6.07 Å². The summed E-state index contributed by atoms with van der Waals surface area (Å²) in [4.78, 5) is 0. The summed E-state index contributed by atoms with van der Waals surface area (Å²) >= 11 is 0. The molecule has 0 aromatic heterocycles. The van der Waals surface area contributed by atoms with E-state index in [0.717, 1.165) is 36.0 Å². The minimum atomic E-state index is -0.107. The van der Waals surface area contributed by atoms with Crippen molar-refractivity contribution in [2.45, 2.75) is 39.0 Å². The molecule has 27 heavy (non-hydrogen) atoms. The van der Waals surface area contributed by atoms with Crippen LogP contribution >= 0.6 is 0 Å². The van der Waals surface area contributed by atoms with Gasteiger partial charge in [-0.15, -0.1) is 0 Å². The lowest BCUT2D eigenvalue weighted by Gasteiger charge is -2.12. The van der Waals surface area contributed by atoms with Crippen molar-refractivity contribution in [3.63, 3.8) is 0 Å². The Kier molecular flexibility index (Phi) is 6.59. The smallest absolute Gasteiger partial charge is 0.126 e. The number of hydrogen-bond acceptors (Lipinski definition) is 0. The fourth-order valence-electron chi connectivity index (χ4n) is 3.35. The van der Waals surface area contributed by atoms with Gasteiger partial charge in [-0.05, 0) is 52.6 Å². The Morgan fingerprint density at radius 3 is 2.19 bits per heavy atom. The molecule has 0 N–H and O–H groups in total. The van der Waals surface area contributed by atoms with E-state index < -0.39 is 0 Å². The van der Waals surface area contributed by atoms with Gasteiger partial charge in [-0.25, -0.2) is 4.39 Å². The first-order valence-corrected chi connectivity index (χ1v) is 9.76. The monoisotopic (exact) mass is 358 g/mol. The number of hydrogen-bond donors (Lipinski definition) is 0. The first kappa shape index (κ1) is 19.1. The van der Waals surface area contributed by atoms with E-state index in [1.807, 2.05) is 24.3 Å². The molecule has 0 heterocycles. The van der Waals surface area contributed by atoms with Crippen molar-refractivity contribution in [3.8, 4) is 0 Å². The predicted octanol–water partition coefficient (Wildman–Crippen LogP) is 7.29. The molecule has 1 atom stereocenters. The predicted molar refractivity (Wildman–Crippen MR) is 114 cm³/mol. The standard InChI is InChI=1S/C26H27F/c1-3-7-25-17-16-23(19-26(25)27)15-12-21-10-13-22(14-11-21)18-20(2)24-8-5-4-6-9-24/h4-6,8-17,19-20H,3,7,18H2,1-2H3/t20-/m0/s1. The number of aryl methyl sites for hydroxylation is 1. The second-order valence-electron chi connectivity index (χ2n) is 7.19. The summed E-state index contributed by atoms with van der Waals surface area (Å²) in [5, 5.41) is 0. The largest absolute Gasteiger partial charge is 0.207 e. The van der Waals surface area contributed by atoms with Crippen molar-refractivity contribution < 1.29 is 4.39 Å². The first-order chi connectivity index (χ1) is 13.2. The van der Waals surface area contributed by atoms with E-state index in [0.29, 0.717) is 5.92 Å². The molecule has 0 aliphatic rings. The third kappa shape index (κ3) is 5.40. The van der Waals surface area contributed by atoms with Crippen molar-refractivity contribution in [1.82, 2.24) is 0 Å². The van der Waals surface area contributed by atoms with Gasteiger partial charge in [0.1, 0.15) is 5.82 Å². The number of benzene rings is 3. The van der Waals surface area contributed by atoms with Crippen LogP contribution in [0.1, 0.15) is 54.0 Å². The van der Waals surface area contributed by atoms with Crippen molar-refractivity contribution in [3.05, 3.63) is 106 Å². The molecule has 0 spiro atoms. The van der Waals surface area contributed by atoms with Gasteiger partial charge in [0.15, 0.2) is 0 Å². The highest BCUT2D eigenvalue weighted by molar-refractivity contribution is 5.69. The van der Waals surface area contributed by atoms with E-state index in [1.165, 1.54) is 11.1 Å². The first-order valence-electron chi connectivity index (χ1n) is 9.76. The summed E-state index contributed by atoms with van der Waals surface area (Å²) in [5.74, 6) is 0.390. The summed E-state index contributed by atoms with van der Waals surface area (Å²) in [7, 11) is 0. The zero-order valence-electron chi connectivity index (χ0n) is 16.2. The molecule has 0 amide bonds. The number of rotatable bonds is 7. The molecule has 0 unspecified atom stereocenters. The van der Waals surface area contributed by atoms with Gasteiger partial charge >= 0.3 is 0 Å². The summed E-state index contributed by atoms with van der Waals surface area (Å²) in [6, 6.07) is 24.8. The molecule has 138 valence electrons. The Hall–Kier alpha value is -2.67. The van der Waals surface area contributed by atoms with Gasteiger partial charge in [0, 0.05) is 0 Å². The van der Waals surface area contributed by atoms with E-state index >= 15 is 0 Å². The van der Waals surface area contributed by atoms with Gasteiger partial charge in [0.2, 0.25) is 0 Å². The number of halogens is 1. The Balaban J connectivity index is 1.63. The Morgan fingerprint density at radius 1 is 0.852 bits per heavy atom. The summed E-state index contributed by atoms with van der Waals surface area (Å²) < 4.78 is 14.0. The van der Waals surface area contributed by atoms with Gasteiger partial charge < -0.3 is 0 Å². The minimum Gasteiger partial charge on any atom is -0.207 e. The summed E-state index contributed by atoms with van der Waals surface area (Å²) in [6.07, 6.45) is 6.79. The SMILES string of the molecule is CCCc1ccc(C=Cc2ccc(C[C@H](C)c3ccccc3)cc2)cc1F. The van der Waals surface area contributed by atoms with Gasteiger partial charge in [-0.2, -0.15) is 0 Å². The molecule has 3 aromatic rings. The molecule has 0 aliphatic carbocycles. The maximum absolute atomic E-state index is 14.0. The Labute approximate surface area is 162 Å². The van der Waals surface area contributed by atoms with Crippen LogP contribution < -0.4 is 0 Å². The normalized spacial score (nSPS) is 12.4. The summed E-state index contributed by atoms with van der Waals surface area (Å²) in [5.41, 5.74) is 5.53. The fourth-order valence-corrected chi connectivity index (χ4v) is 3.35. The topological polar surface area (TPSA) is 0 Å². The summed E-state index contributed by atoms with van der Waals surface area (Å²) in [6.45, 7) is 4.33. The van der Waals surface area contributed by atoms with Gasteiger partial charge in [-0.3, -0.25) is 0 Å². The van der Waals surface area contributed by atoms with Crippen LogP contribution in [-0.2, 0) is 12.8 Å². The third-order valence-electron chi connectivity index (χ3n) is 4.95. The molecule has 0 saturated carbocycles. The van der Waals surface area contributed by atoms with E-state index in [4.69, 9.17) is 0 Å². The fraction of sp³-hybridized carbons (Fsp3) is 0.231. The molecule has 0 radical (unpaired) electrons. The van der Waals surface area contributed by atoms with Gasteiger partial charge in [0.25, 0.3) is 0 Å². The van der Waals surface area contributed by atoms with Crippen LogP contribution in [0.4, 0.5) is 4.39 Å². The average Bonchev–Trinajstić information content (AvgIpc) is 2.70. The molecule has 3 aromatic carbocycles. The van der Waals surface area contributed by atoms with Crippen LogP contribution in [0.2, 0.25) is 0 Å². The third-order valence-corrected chi connectivity index (χ3v) is 4.95. The van der Waals surface area contributed by atoms with Gasteiger partial charge in [0.05, 0.1) is 0 Å². The lowest BCUT2D eigenvalue weighted by Crippen LogP contribution is -1.98. The lowest BCUT2D eigenvalue weighted by molar-refractivity contribution is 0.607. The molecule has 1 heteroatoms. The molecule has 0 nitrogen and oxygen atoms in total. The zero-order valence-corrected chi connectivity index (χ0v) is 16.2. The van der Waals surface area contributed by atoms with Crippen molar-refractivity contribution >= 4 is 12.2 Å². The Bertz CT molecular complexity index is 876. The Morgan fingerprint density at radius 2 is 1.52 bits per heavy atom. The molecule has 0 saturated heterocycles. The molecule has 0 fully saturated rings. The zero-order chi connectivity index (χ0) is 19.1. The van der Waals surface area contributed by atoms with Crippen LogP contribution in [0.15, 0.2) is 72.8 Å². The second kappa shape index (κ2) is 9.32. The van der Waals surface area contributed by atoms with Crippen LogP contribution in [-0.4, -0.2) is 0 Å². The molecular formula is C26H27F. The highest BCUT2D eigenvalue weighted by Crippen LogP contribution is 2.21. The van der Waals surface area contributed by atoms with Crippen LogP contribution in [0.25, 0.3) is 12.2 Å². The van der Waals surface area contributed by atoms with Crippen LogP contribution in [0, 0.1) is 5.82 Å². The van der Waals surface area contributed by atoms with E-state index in [-0.39, 0.29) is 5.82 Å². The van der Waals surface area contributed by atoms with E-state index in [9.17, 15) is 4.39 Å². The van der Waals surface area contributed by atoms with Crippen molar-refractivity contribution in [2.24, 2.45) is 0 Å². The quantitative estimate of drug-likeness (QED) is 0.389. The van der Waals surface area contributed by atoms with Crippen LogP contribution in [0.3, 0.4) is 0 Å². The highest BCUT2D eigenvalue weighted by atomic mass is 19.1. The molecule has 0 aliphatic heterocycles. The maximum atomic E-state index is 14.0. The lowest BCUT2D eigenvalue weighted by atomic mass is 9.93. The van der Waals surface area contributed by atoms with Gasteiger partial charge in [-0.1, -0.05) is 99.2 Å². The van der Waals surface area contributed by atoms with Crippen LogP contribution in [0.5, 0.6) is 0 Å². The van der Waals surface area contributed by atoms with Crippen molar-refractivity contribution in [1.29, 1.82) is 0 Å². The molecule has 0 bridgehead atoms. The maximum Gasteiger partial charge on any atom is 0.126 e. The van der Waals surface area contributed by atoms with Crippen molar-refractivity contribution in [2.75, 3.05) is 0 Å². The van der Waals surface area contributed by atoms with E-state index in [2.05, 4.69) is 68.4 Å². The highest BCUT2D eigenvalue weighted by Gasteiger charge is 2.06.